The first kappa shape index (κ1) is 16.3. The molecule has 0 fully saturated rings. The quantitative estimate of drug-likeness (QED) is 0.138. The molecule has 0 bridgehead atoms. The van der Waals surface area contributed by atoms with E-state index in [9.17, 15) is 19.7 Å². The summed E-state index contributed by atoms with van der Waals surface area (Å²) in [6.45, 7) is 0. The molecular formula is C6H4N7O4-. The summed E-state index contributed by atoms with van der Waals surface area (Å²) in [5, 5.41) is 10.0. The monoisotopic (exact) mass is 238 g/mol. The molecule has 0 saturated carbocycles. The third-order valence-electron chi connectivity index (χ3n) is 1.14. The predicted octanol–water partition coefficient (Wildman–Crippen LogP) is 1.60. The topological polar surface area (TPSA) is 196 Å². The van der Waals surface area contributed by atoms with Gasteiger partial charge in [-0.3, -0.25) is 24.6 Å². The number of ketones is 2. The van der Waals surface area contributed by atoms with Crippen molar-refractivity contribution in [3.8, 4) is 0 Å². The zero-order valence-corrected chi connectivity index (χ0v) is 8.05. The highest BCUT2D eigenvalue weighted by molar-refractivity contribution is 6.46. The van der Waals surface area contributed by atoms with Crippen molar-refractivity contribution < 1.29 is 14.5 Å². The third kappa shape index (κ3) is 7.88. The van der Waals surface area contributed by atoms with Gasteiger partial charge in [0.15, 0.2) is 0 Å². The molecule has 1 N–H and O–H groups in total. The fourth-order valence-corrected chi connectivity index (χ4v) is 0.610. The number of hydrogen-bond acceptors (Lipinski definition) is 5. The van der Waals surface area contributed by atoms with Crippen LogP contribution in [0, 0.1) is 15.6 Å². The minimum absolute atomic E-state index is 0.352. The zero-order chi connectivity index (χ0) is 13.8. The Kier molecular flexibility index (Phi) is 9.00. The van der Waals surface area contributed by atoms with Gasteiger partial charge >= 0.3 is 0 Å². The van der Waals surface area contributed by atoms with E-state index in [1.165, 1.54) is 4.91 Å². The number of nitrogens with one attached hydrogen (secondary N) is 1. The van der Waals surface area contributed by atoms with Crippen LogP contribution < -0.4 is 0 Å². The van der Waals surface area contributed by atoms with E-state index < -0.39 is 16.5 Å². The Hall–Kier alpha value is -3.16. The molecule has 0 saturated heterocycles. The second-order valence-corrected chi connectivity index (χ2v) is 2.08. The molecule has 11 nitrogen and oxygen atoms in total. The number of nitro groups is 1. The van der Waals surface area contributed by atoms with Crippen LogP contribution in [0.15, 0.2) is 23.9 Å². The molecule has 11 heteroatoms. The predicted molar refractivity (Wildman–Crippen MR) is 53.7 cm³/mol. The van der Waals surface area contributed by atoms with E-state index >= 15 is 0 Å². The van der Waals surface area contributed by atoms with Gasteiger partial charge < -0.3 is 11.1 Å². The highest BCUT2D eigenvalue weighted by atomic mass is 16.6. The van der Waals surface area contributed by atoms with Gasteiger partial charge in [-0.2, -0.15) is 0 Å². The van der Waals surface area contributed by atoms with Crippen LogP contribution in [0.4, 0.5) is 0 Å². The molecule has 0 heterocycles. The van der Waals surface area contributed by atoms with Gasteiger partial charge in [0.2, 0.25) is 11.6 Å². The molecule has 1 aliphatic rings. The average Bonchev–Trinajstić information content (AvgIpc) is 2.24. The first-order valence-corrected chi connectivity index (χ1v) is 3.56. The lowest BCUT2D eigenvalue weighted by Gasteiger charge is -1.94. The van der Waals surface area contributed by atoms with Crippen molar-refractivity contribution in [3.63, 3.8) is 0 Å². The second-order valence-electron chi connectivity index (χ2n) is 2.08. The maximum absolute atomic E-state index is 10.5. The summed E-state index contributed by atoms with van der Waals surface area (Å²) in [5.74, 6) is -1.57. The normalized spacial score (nSPS) is 11.6. The number of carbonyl (C=O) groups is 2. The largest absolute Gasteiger partial charge is 0.373 e. The Balaban J connectivity index is 0. The summed E-state index contributed by atoms with van der Waals surface area (Å²) in [7, 11) is 0. The maximum Gasteiger partial charge on any atom is 0.273 e. The van der Waals surface area contributed by atoms with Gasteiger partial charge in [-0.15, -0.1) is 5.53 Å². The molecule has 88 valence electrons. The van der Waals surface area contributed by atoms with Crippen molar-refractivity contribution in [1.82, 2.24) is 0 Å². The van der Waals surface area contributed by atoms with Crippen LogP contribution in [0.5, 0.6) is 0 Å². The smallest absolute Gasteiger partial charge is 0.273 e. The summed E-state index contributed by atoms with van der Waals surface area (Å²) in [5.41, 5.74) is 25.4. The molecule has 0 spiro atoms. The average molecular weight is 238 g/mol. The Labute approximate surface area is 93.0 Å². The van der Waals surface area contributed by atoms with Crippen molar-refractivity contribution in [3.05, 3.63) is 60.5 Å². The van der Waals surface area contributed by atoms with Crippen molar-refractivity contribution in [1.29, 1.82) is 5.53 Å². The molecule has 0 aliphatic heterocycles. The SMILES string of the molecule is O=C1C=CC([N+](=O)[O-])=CC1=O.[N-]=[N+]=N.[N-]=[N+]=[N-]. The van der Waals surface area contributed by atoms with Crippen LogP contribution in [0.1, 0.15) is 0 Å². The van der Waals surface area contributed by atoms with Crippen molar-refractivity contribution in [2.24, 2.45) is 0 Å². The molecule has 0 aromatic heterocycles. The Morgan fingerprint density at radius 3 is 1.88 bits per heavy atom. The summed E-state index contributed by atoms with van der Waals surface area (Å²) in [4.78, 5) is 33.5. The van der Waals surface area contributed by atoms with E-state index in [1.807, 2.05) is 0 Å². The molecule has 0 atom stereocenters. The lowest BCUT2D eigenvalue weighted by atomic mass is 10.1. The minimum atomic E-state index is -0.848. The summed E-state index contributed by atoms with van der Waals surface area (Å²) in [6.07, 6.45) is 2.60. The van der Waals surface area contributed by atoms with Crippen LogP contribution in [-0.2, 0) is 9.59 Å². The molecular weight excluding hydrogens is 234 g/mol. The van der Waals surface area contributed by atoms with Crippen molar-refractivity contribution >= 4 is 11.6 Å². The van der Waals surface area contributed by atoms with E-state index in [-0.39, 0.29) is 5.70 Å². The van der Waals surface area contributed by atoms with E-state index in [4.69, 9.17) is 22.1 Å². The van der Waals surface area contributed by atoms with E-state index in [0.29, 0.717) is 6.08 Å². The van der Waals surface area contributed by atoms with Crippen molar-refractivity contribution in [2.45, 2.75) is 0 Å². The minimum Gasteiger partial charge on any atom is -0.373 e. The lowest BCUT2D eigenvalue weighted by Crippen LogP contribution is -2.14. The van der Waals surface area contributed by atoms with Gasteiger partial charge in [0, 0.05) is 6.08 Å². The van der Waals surface area contributed by atoms with Crippen LogP contribution in [0.25, 0.3) is 26.4 Å². The number of carbonyl (C=O) groups excluding carboxylic acids is 2. The fraction of sp³-hybridized carbons (Fsp3) is 0. The standard InChI is InChI=1S/C6H3NO4.HN3.N3/c8-5-2-1-4(7(10)11)3-6(5)9;2*1-3-2/h1-3H;1H;/q;;-1. The lowest BCUT2D eigenvalue weighted by molar-refractivity contribution is -0.419. The van der Waals surface area contributed by atoms with Crippen LogP contribution >= 0.6 is 0 Å². The summed E-state index contributed by atoms with van der Waals surface area (Å²) < 4.78 is 0. The van der Waals surface area contributed by atoms with Crippen molar-refractivity contribution in [2.75, 3.05) is 0 Å². The van der Waals surface area contributed by atoms with Gasteiger partial charge in [-0.25, -0.2) is 0 Å². The Morgan fingerprint density at radius 1 is 1.18 bits per heavy atom. The number of nitrogens with zero attached hydrogens (tertiary/aromatic N) is 6. The highest BCUT2D eigenvalue weighted by Gasteiger charge is 2.19. The molecule has 0 amide bonds. The molecule has 1 aliphatic carbocycles. The summed E-state index contributed by atoms with van der Waals surface area (Å²) >= 11 is 0. The second kappa shape index (κ2) is 9.40. The van der Waals surface area contributed by atoms with Crippen LogP contribution in [-0.4, -0.2) is 16.5 Å². The van der Waals surface area contributed by atoms with E-state index in [0.717, 1.165) is 12.2 Å². The van der Waals surface area contributed by atoms with E-state index in [2.05, 4.69) is 0 Å². The maximum atomic E-state index is 10.5. The molecule has 17 heavy (non-hydrogen) atoms. The Bertz CT molecular complexity index is 439. The fourth-order valence-electron chi connectivity index (χ4n) is 0.610. The number of allylic oxidation sites excluding steroid dienone is 3. The van der Waals surface area contributed by atoms with Gasteiger partial charge in [-0.05, 0) is 16.5 Å². The molecule has 0 aromatic carbocycles. The van der Waals surface area contributed by atoms with E-state index in [1.54, 1.807) is 4.91 Å². The van der Waals surface area contributed by atoms with Gasteiger partial charge in [0.05, 0.1) is 11.0 Å². The molecule has 0 radical (unpaired) electrons. The summed E-state index contributed by atoms with van der Waals surface area (Å²) in [6, 6.07) is 0. The molecule has 0 unspecified atom stereocenters. The van der Waals surface area contributed by atoms with Gasteiger partial charge in [-0.1, -0.05) is 0 Å². The van der Waals surface area contributed by atoms with Crippen LogP contribution in [0.3, 0.4) is 0 Å². The van der Waals surface area contributed by atoms with Crippen LogP contribution in [0.2, 0.25) is 0 Å². The molecule has 1 rings (SSSR count). The van der Waals surface area contributed by atoms with Gasteiger partial charge in [0.25, 0.3) is 5.70 Å². The van der Waals surface area contributed by atoms with Gasteiger partial charge in [0.1, 0.15) is 0 Å². The third-order valence-corrected chi connectivity index (χ3v) is 1.14. The number of hydrogen-bond donors (Lipinski definition) is 1. The first-order chi connectivity index (χ1) is 7.94. The highest BCUT2D eigenvalue weighted by Crippen LogP contribution is 2.04. The zero-order valence-electron chi connectivity index (χ0n) is 8.05. The first-order valence-electron chi connectivity index (χ1n) is 3.56. The number of rotatable bonds is 1. The Morgan fingerprint density at radius 2 is 1.59 bits per heavy atom. The molecule has 0 aromatic rings.